The molecular formula is C25H27ClN6S. The summed E-state index contributed by atoms with van der Waals surface area (Å²) in [5.41, 5.74) is 3.69. The molecule has 1 fully saturated rings. The van der Waals surface area contributed by atoms with Gasteiger partial charge in [0.05, 0.1) is 0 Å². The zero-order valence-corrected chi connectivity index (χ0v) is 20.0. The molecule has 0 atom stereocenters. The summed E-state index contributed by atoms with van der Waals surface area (Å²) in [6.45, 7) is 4.27. The molecule has 170 valence electrons. The van der Waals surface area contributed by atoms with E-state index in [0.29, 0.717) is 22.6 Å². The highest BCUT2D eigenvalue weighted by Gasteiger charge is 2.23. The third-order valence-corrected chi connectivity index (χ3v) is 6.78. The molecule has 1 aromatic heterocycles. The minimum atomic E-state index is 0.473. The highest BCUT2D eigenvalue weighted by Crippen LogP contribution is 2.30. The van der Waals surface area contributed by atoms with E-state index >= 15 is 0 Å². The Bertz CT molecular complexity index is 1120. The predicted octanol–water partition coefficient (Wildman–Crippen LogP) is 5.13. The number of thiocarbonyl (C=S) groups is 1. The first-order chi connectivity index (χ1) is 16.2. The molecule has 3 aromatic rings. The van der Waals surface area contributed by atoms with Crippen LogP contribution in [0.4, 0.5) is 17.6 Å². The standard InChI is InChI=1S/C25H27ClN6S/c26-21-11-5-4-8-18(21)15-27-25(33)30-24-28-22(31-12-6-1-7-13-31)14-23(29-24)32-16-19-9-2-3-10-20(19)17-32/h2-5,8-11,14H,1,6-7,12-13,15-17H2,(H2,27,28,29,30,33). The van der Waals surface area contributed by atoms with Gasteiger partial charge in [0, 0.05) is 43.8 Å². The molecule has 2 aromatic carbocycles. The number of fused-ring (bicyclic) bond motifs is 1. The summed E-state index contributed by atoms with van der Waals surface area (Å²) < 4.78 is 0. The smallest absolute Gasteiger partial charge is 0.232 e. The number of benzene rings is 2. The maximum absolute atomic E-state index is 6.27. The Hall–Kier alpha value is -2.90. The fourth-order valence-electron chi connectivity index (χ4n) is 4.38. The summed E-state index contributed by atoms with van der Waals surface area (Å²) in [7, 11) is 0. The lowest BCUT2D eigenvalue weighted by Gasteiger charge is -2.29. The summed E-state index contributed by atoms with van der Waals surface area (Å²) >= 11 is 11.8. The second kappa shape index (κ2) is 9.93. The molecule has 33 heavy (non-hydrogen) atoms. The van der Waals surface area contributed by atoms with Crippen molar-refractivity contribution in [1.82, 2.24) is 15.3 Å². The van der Waals surface area contributed by atoms with E-state index in [9.17, 15) is 0 Å². The van der Waals surface area contributed by atoms with E-state index in [0.717, 1.165) is 43.4 Å². The molecule has 8 heteroatoms. The van der Waals surface area contributed by atoms with Gasteiger partial charge in [-0.05, 0) is 54.2 Å². The Morgan fingerprint density at radius 1 is 0.879 bits per heavy atom. The largest absolute Gasteiger partial charge is 0.358 e. The lowest BCUT2D eigenvalue weighted by atomic mass is 10.1. The minimum absolute atomic E-state index is 0.473. The van der Waals surface area contributed by atoms with Gasteiger partial charge in [-0.2, -0.15) is 9.97 Å². The molecule has 2 N–H and O–H groups in total. The summed E-state index contributed by atoms with van der Waals surface area (Å²) in [4.78, 5) is 14.3. The van der Waals surface area contributed by atoms with Crippen molar-refractivity contribution in [3.05, 3.63) is 76.3 Å². The van der Waals surface area contributed by atoms with Gasteiger partial charge in [0.1, 0.15) is 11.6 Å². The topological polar surface area (TPSA) is 56.3 Å². The van der Waals surface area contributed by atoms with Crippen LogP contribution in [0.1, 0.15) is 36.0 Å². The molecular weight excluding hydrogens is 452 g/mol. The van der Waals surface area contributed by atoms with Crippen molar-refractivity contribution in [2.45, 2.75) is 38.9 Å². The fraction of sp³-hybridized carbons (Fsp3) is 0.320. The monoisotopic (exact) mass is 478 g/mol. The predicted molar refractivity (Wildman–Crippen MR) is 139 cm³/mol. The quantitative estimate of drug-likeness (QED) is 0.493. The Balaban J connectivity index is 1.35. The third-order valence-electron chi connectivity index (χ3n) is 6.17. The second-order valence-electron chi connectivity index (χ2n) is 8.48. The summed E-state index contributed by atoms with van der Waals surface area (Å²) in [5.74, 6) is 2.38. The van der Waals surface area contributed by atoms with Gasteiger partial charge in [-0.15, -0.1) is 0 Å². The Morgan fingerprint density at radius 2 is 1.52 bits per heavy atom. The Labute approximate surface area is 205 Å². The van der Waals surface area contributed by atoms with Gasteiger partial charge < -0.3 is 20.4 Å². The van der Waals surface area contributed by atoms with Crippen molar-refractivity contribution in [2.75, 3.05) is 28.2 Å². The van der Waals surface area contributed by atoms with Crippen molar-refractivity contribution in [3.63, 3.8) is 0 Å². The molecule has 3 heterocycles. The van der Waals surface area contributed by atoms with Gasteiger partial charge >= 0.3 is 0 Å². The van der Waals surface area contributed by atoms with Crippen molar-refractivity contribution >= 4 is 46.5 Å². The van der Waals surface area contributed by atoms with Crippen LogP contribution in [0.15, 0.2) is 54.6 Å². The number of hydrogen-bond donors (Lipinski definition) is 2. The molecule has 2 aliphatic heterocycles. The summed E-state index contributed by atoms with van der Waals surface area (Å²) in [6, 6.07) is 18.4. The van der Waals surface area contributed by atoms with Crippen molar-refractivity contribution in [3.8, 4) is 0 Å². The molecule has 0 amide bonds. The zero-order valence-electron chi connectivity index (χ0n) is 18.4. The van der Waals surface area contributed by atoms with Gasteiger partial charge in [-0.1, -0.05) is 54.1 Å². The molecule has 2 aliphatic rings. The Kier molecular flexibility index (Phi) is 6.60. The fourth-order valence-corrected chi connectivity index (χ4v) is 4.75. The van der Waals surface area contributed by atoms with Crippen LogP contribution in [0.25, 0.3) is 0 Å². The lowest BCUT2D eigenvalue weighted by molar-refractivity contribution is 0.573. The van der Waals surface area contributed by atoms with Gasteiger partial charge in [-0.3, -0.25) is 0 Å². The molecule has 6 nitrogen and oxygen atoms in total. The van der Waals surface area contributed by atoms with Crippen molar-refractivity contribution in [2.24, 2.45) is 0 Å². The molecule has 1 saturated heterocycles. The first-order valence-electron chi connectivity index (χ1n) is 11.4. The third kappa shape index (κ3) is 5.20. The van der Waals surface area contributed by atoms with Gasteiger partial charge in [0.25, 0.3) is 0 Å². The van der Waals surface area contributed by atoms with E-state index in [2.05, 4.69) is 50.8 Å². The van der Waals surface area contributed by atoms with Gasteiger partial charge in [0.15, 0.2) is 5.11 Å². The first kappa shape index (κ1) is 21.9. The van der Waals surface area contributed by atoms with E-state index in [1.807, 2.05) is 24.3 Å². The lowest BCUT2D eigenvalue weighted by Crippen LogP contribution is -2.32. The van der Waals surface area contributed by atoms with Crippen molar-refractivity contribution < 1.29 is 0 Å². The molecule has 0 bridgehead atoms. The van der Waals surface area contributed by atoms with E-state index in [-0.39, 0.29) is 0 Å². The van der Waals surface area contributed by atoms with Crippen LogP contribution in [0.2, 0.25) is 5.02 Å². The molecule has 5 rings (SSSR count). The van der Waals surface area contributed by atoms with E-state index < -0.39 is 0 Å². The van der Waals surface area contributed by atoms with E-state index in [1.54, 1.807) is 0 Å². The highest BCUT2D eigenvalue weighted by atomic mass is 35.5. The number of aromatic nitrogens is 2. The molecule has 0 spiro atoms. The van der Waals surface area contributed by atoms with Crippen LogP contribution < -0.4 is 20.4 Å². The average Bonchev–Trinajstić information content (AvgIpc) is 3.28. The van der Waals surface area contributed by atoms with Crippen LogP contribution in [0.5, 0.6) is 0 Å². The first-order valence-corrected chi connectivity index (χ1v) is 12.2. The zero-order chi connectivity index (χ0) is 22.6. The van der Waals surface area contributed by atoms with Crippen molar-refractivity contribution in [1.29, 1.82) is 0 Å². The summed E-state index contributed by atoms with van der Waals surface area (Å²) in [5, 5.41) is 7.61. The number of nitrogens with zero attached hydrogens (tertiary/aromatic N) is 4. The van der Waals surface area contributed by atoms with Gasteiger partial charge in [0.2, 0.25) is 5.95 Å². The molecule has 0 aliphatic carbocycles. The number of hydrogen-bond acceptors (Lipinski definition) is 5. The minimum Gasteiger partial charge on any atom is -0.358 e. The van der Waals surface area contributed by atoms with Crippen LogP contribution in [-0.4, -0.2) is 28.2 Å². The molecule has 0 unspecified atom stereocenters. The SMILES string of the molecule is S=C(NCc1ccccc1Cl)Nc1nc(N2CCCCC2)cc(N2Cc3ccccc3C2)n1. The summed E-state index contributed by atoms with van der Waals surface area (Å²) in [6.07, 6.45) is 3.65. The number of halogens is 1. The normalized spacial score (nSPS) is 15.3. The Morgan fingerprint density at radius 3 is 2.21 bits per heavy atom. The van der Waals surface area contributed by atoms with E-state index in [4.69, 9.17) is 33.8 Å². The molecule has 0 saturated carbocycles. The maximum atomic E-state index is 6.27. The number of nitrogens with one attached hydrogen (secondary N) is 2. The van der Waals surface area contributed by atoms with Crippen LogP contribution in [0, 0.1) is 0 Å². The van der Waals surface area contributed by atoms with Crippen LogP contribution in [-0.2, 0) is 19.6 Å². The number of rotatable bonds is 5. The number of piperidine rings is 1. The highest BCUT2D eigenvalue weighted by molar-refractivity contribution is 7.80. The molecule has 0 radical (unpaired) electrons. The second-order valence-corrected chi connectivity index (χ2v) is 9.29. The maximum Gasteiger partial charge on any atom is 0.232 e. The number of anilines is 3. The average molecular weight is 479 g/mol. The van der Waals surface area contributed by atoms with Gasteiger partial charge in [-0.25, -0.2) is 0 Å². The van der Waals surface area contributed by atoms with Crippen LogP contribution in [0.3, 0.4) is 0 Å². The van der Waals surface area contributed by atoms with Crippen LogP contribution >= 0.6 is 23.8 Å². The van der Waals surface area contributed by atoms with E-state index in [1.165, 1.54) is 30.4 Å².